The van der Waals surface area contributed by atoms with E-state index in [-0.39, 0.29) is 42.5 Å². The number of benzene rings is 2. The van der Waals surface area contributed by atoms with Crippen LogP contribution in [0.15, 0.2) is 58.2 Å². The van der Waals surface area contributed by atoms with Crippen molar-refractivity contribution in [2.24, 2.45) is 7.05 Å². The average Bonchev–Trinajstić information content (AvgIpc) is 2.77. The van der Waals surface area contributed by atoms with Crippen molar-refractivity contribution in [1.29, 1.82) is 0 Å². The molecule has 0 spiro atoms. The largest absolute Gasteiger partial charge is 0.336 e. The summed E-state index contributed by atoms with van der Waals surface area (Å²) in [6.07, 6.45) is 0. The highest BCUT2D eigenvalue weighted by atomic mass is 32.2. The van der Waals surface area contributed by atoms with Gasteiger partial charge in [-0.15, -0.1) is 0 Å². The van der Waals surface area contributed by atoms with Crippen LogP contribution in [0.1, 0.15) is 21.5 Å². The van der Waals surface area contributed by atoms with Gasteiger partial charge in [0.05, 0.1) is 16.0 Å². The number of hydrogen-bond acceptors (Lipinski definition) is 4. The summed E-state index contributed by atoms with van der Waals surface area (Å²) in [7, 11) is -1.94. The monoisotopic (exact) mass is 439 g/mol. The highest BCUT2D eigenvalue weighted by molar-refractivity contribution is 7.89. The van der Waals surface area contributed by atoms with E-state index in [2.05, 4.69) is 0 Å². The van der Waals surface area contributed by atoms with Gasteiger partial charge in [0.1, 0.15) is 0 Å². The molecule has 2 aromatic carbocycles. The predicted octanol–water partition coefficient (Wildman–Crippen LogP) is 2.30. The van der Waals surface area contributed by atoms with Crippen LogP contribution in [0.5, 0.6) is 0 Å². The maximum absolute atomic E-state index is 13.2. The van der Waals surface area contributed by atoms with Crippen molar-refractivity contribution in [2.45, 2.75) is 18.7 Å². The van der Waals surface area contributed by atoms with Crippen LogP contribution in [0.25, 0.3) is 10.9 Å². The summed E-state index contributed by atoms with van der Waals surface area (Å²) >= 11 is 0. The van der Waals surface area contributed by atoms with Crippen LogP contribution < -0.4 is 5.56 Å². The lowest BCUT2D eigenvalue weighted by Gasteiger charge is -2.34. The number of nitrogens with zero attached hydrogens (tertiary/aromatic N) is 3. The fourth-order valence-corrected chi connectivity index (χ4v) is 5.42. The van der Waals surface area contributed by atoms with Crippen molar-refractivity contribution in [1.82, 2.24) is 13.8 Å². The van der Waals surface area contributed by atoms with Gasteiger partial charge in [0.25, 0.3) is 11.5 Å². The first kappa shape index (κ1) is 21.3. The Morgan fingerprint density at radius 2 is 1.58 bits per heavy atom. The van der Waals surface area contributed by atoms with Crippen LogP contribution in [-0.4, -0.2) is 54.3 Å². The number of amides is 1. The molecule has 0 bridgehead atoms. The summed E-state index contributed by atoms with van der Waals surface area (Å²) < 4.78 is 29.0. The summed E-state index contributed by atoms with van der Waals surface area (Å²) in [5.74, 6) is -0.253. The van der Waals surface area contributed by atoms with Gasteiger partial charge in [-0.1, -0.05) is 24.3 Å². The number of sulfonamides is 1. The van der Waals surface area contributed by atoms with E-state index < -0.39 is 10.0 Å². The number of hydrogen-bond donors (Lipinski definition) is 0. The van der Waals surface area contributed by atoms with Gasteiger partial charge in [0, 0.05) is 44.7 Å². The molecule has 8 heteroatoms. The number of carbonyl (C=O) groups is 1. The third kappa shape index (κ3) is 3.77. The minimum atomic E-state index is -3.62. The lowest BCUT2D eigenvalue weighted by atomic mass is 10.1. The van der Waals surface area contributed by atoms with Crippen LogP contribution in [0.4, 0.5) is 0 Å². The number of fused-ring (bicyclic) bond motifs is 1. The lowest BCUT2D eigenvalue weighted by Crippen LogP contribution is -2.50. The Balaban J connectivity index is 1.56. The second-order valence-corrected chi connectivity index (χ2v) is 9.85. The number of rotatable bonds is 3. The normalized spacial score (nSPS) is 15.4. The third-order valence-electron chi connectivity index (χ3n) is 6.03. The van der Waals surface area contributed by atoms with Crippen LogP contribution in [-0.2, 0) is 17.1 Å². The Labute approximate surface area is 181 Å². The molecule has 0 aliphatic carbocycles. The molecule has 0 unspecified atom stereocenters. The Morgan fingerprint density at radius 3 is 2.26 bits per heavy atom. The Hall–Kier alpha value is -2.97. The molecule has 7 nitrogen and oxygen atoms in total. The third-order valence-corrected chi connectivity index (χ3v) is 7.92. The minimum absolute atomic E-state index is 0.212. The van der Waals surface area contributed by atoms with E-state index in [0.29, 0.717) is 16.5 Å². The molecule has 31 heavy (non-hydrogen) atoms. The molecule has 1 amide bonds. The number of aromatic nitrogens is 1. The Bertz CT molecular complexity index is 1340. The molecule has 1 aromatic heterocycles. The van der Waals surface area contributed by atoms with Gasteiger partial charge >= 0.3 is 0 Å². The molecule has 0 saturated carbocycles. The first-order valence-electron chi connectivity index (χ1n) is 10.2. The molecule has 3 aromatic rings. The molecule has 4 rings (SSSR count). The number of para-hydroxylation sites is 1. The minimum Gasteiger partial charge on any atom is -0.336 e. The van der Waals surface area contributed by atoms with E-state index >= 15 is 0 Å². The molecule has 1 fully saturated rings. The van der Waals surface area contributed by atoms with Gasteiger partial charge in [0.15, 0.2) is 0 Å². The maximum Gasteiger partial charge on any atom is 0.254 e. The average molecular weight is 440 g/mol. The Kier molecular flexibility index (Phi) is 5.45. The molecule has 162 valence electrons. The number of aryl methyl sites for hydroxylation is 3. The molecule has 0 radical (unpaired) electrons. The van der Waals surface area contributed by atoms with Crippen molar-refractivity contribution in [3.8, 4) is 0 Å². The lowest BCUT2D eigenvalue weighted by molar-refractivity contribution is 0.0699. The van der Waals surface area contributed by atoms with E-state index in [1.165, 1.54) is 14.9 Å². The smallest absolute Gasteiger partial charge is 0.254 e. The predicted molar refractivity (Wildman–Crippen MR) is 120 cm³/mol. The summed E-state index contributed by atoms with van der Waals surface area (Å²) in [4.78, 5) is 27.4. The van der Waals surface area contributed by atoms with Crippen molar-refractivity contribution in [2.75, 3.05) is 26.2 Å². The van der Waals surface area contributed by atoms with Crippen LogP contribution >= 0.6 is 0 Å². The molecule has 2 heterocycles. The highest BCUT2D eigenvalue weighted by Crippen LogP contribution is 2.22. The van der Waals surface area contributed by atoms with Gasteiger partial charge in [-0.05, 0) is 43.2 Å². The van der Waals surface area contributed by atoms with Gasteiger partial charge < -0.3 is 9.47 Å². The van der Waals surface area contributed by atoms with Gasteiger partial charge in [-0.2, -0.15) is 4.31 Å². The van der Waals surface area contributed by atoms with Crippen LogP contribution in [0, 0.1) is 13.8 Å². The molecular weight excluding hydrogens is 414 g/mol. The van der Waals surface area contributed by atoms with Crippen molar-refractivity contribution in [3.63, 3.8) is 0 Å². The van der Waals surface area contributed by atoms with Crippen molar-refractivity contribution in [3.05, 3.63) is 75.6 Å². The first-order valence-corrected chi connectivity index (χ1v) is 11.6. The van der Waals surface area contributed by atoms with Gasteiger partial charge in [0.2, 0.25) is 10.0 Å². The number of piperazine rings is 1. The summed E-state index contributed by atoms with van der Waals surface area (Å²) in [5, 5.41) is 0.708. The fourth-order valence-electron chi connectivity index (χ4n) is 3.91. The quantitative estimate of drug-likeness (QED) is 0.627. The summed E-state index contributed by atoms with van der Waals surface area (Å²) in [6, 6.07) is 13.8. The van der Waals surface area contributed by atoms with Crippen molar-refractivity contribution < 1.29 is 13.2 Å². The SMILES string of the molecule is Cc1ccc(S(=O)(=O)N2CCN(C(=O)c3cc(=O)n(C)c4ccccc34)CC2)cc1C. The fraction of sp³-hybridized carbons (Fsp3) is 0.304. The Morgan fingerprint density at radius 1 is 0.903 bits per heavy atom. The number of pyridine rings is 1. The van der Waals surface area contributed by atoms with E-state index in [1.54, 1.807) is 24.1 Å². The van der Waals surface area contributed by atoms with Crippen LogP contribution in [0.3, 0.4) is 0 Å². The van der Waals surface area contributed by atoms with E-state index in [1.807, 2.05) is 44.2 Å². The van der Waals surface area contributed by atoms with E-state index in [9.17, 15) is 18.0 Å². The molecule has 0 N–H and O–H groups in total. The maximum atomic E-state index is 13.2. The molecule has 1 aliphatic rings. The zero-order chi connectivity index (χ0) is 22.3. The molecular formula is C23H25N3O4S. The van der Waals surface area contributed by atoms with E-state index in [4.69, 9.17) is 0 Å². The zero-order valence-corrected chi connectivity index (χ0v) is 18.6. The topological polar surface area (TPSA) is 79.7 Å². The van der Waals surface area contributed by atoms with E-state index in [0.717, 1.165) is 11.1 Å². The zero-order valence-electron chi connectivity index (χ0n) is 17.8. The number of carbonyl (C=O) groups excluding carboxylic acids is 1. The van der Waals surface area contributed by atoms with Gasteiger partial charge in [-0.3, -0.25) is 9.59 Å². The first-order chi connectivity index (χ1) is 14.7. The molecule has 1 aliphatic heterocycles. The highest BCUT2D eigenvalue weighted by Gasteiger charge is 2.31. The van der Waals surface area contributed by atoms with Gasteiger partial charge in [-0.25, -0.2) is 8.42 Å². The molecule has 0 atom stereocenters. The molecule has 1 saturated heterocycles. The summed E-state index contributed by atoms with van der Waals surface area (Å²) in [6.45, 7) is 4.79. The second kappa shape index (κ2) is 7.94. The summed E-state index contributed by atoms with van der Waals surface area (Å²) in [5.41, 5.74) is 2.75. The standard InChI is InChI=1S/C23H25N3O4S/c1-16-8-9-18(14-17(16)2)31(29,30)26-12-10-25(11-13-26)23(28)20-15-22(27)24(3)21-7-5-4-6-19(20)21/h4-9,14-15H,10-13H2,1-3H3. The van der Waals surface area contributed by atoms with Crippen molar-refractivity contribution >= 4 is 26.8 Å². The van der Waals surface area contributed by atoms with Crippen LogP contribution in [0.2, 0.25) is 0 Å². The second-order valence-electron chi connectivity index (χ2n) is 7.91.